The van der Waals surface area contributed by atoms with Crippen molar-refractivity contribution in [3.63, 3.8) is 0 Å². The van der Waals surface area contributed by atoms with Crippen molar-refractivity contribution in [2.24, 2.45) is 0 Å². The van der Waals surface area contributed by atoms with Crippen LogP contribution in [-0.2, 0) is 9.84 Å². The van der Waals surface area contributed by atoms with E-state index in [0.717, 1.165) is 6.07 Å². The molecule has 0 aliphatic heterocycles. The highest BCUT2D eigenvalue weighted by molar-refractivity contribution is 7.92. The number of nitrogens with zero attached hydrogens (tertiary/aromatic N) is 1. The number of benzene rings is 2. The molecule has 0 fully saturated rings. The van der Waals surface area contributed by atoms with Gasteiger partial charge in [-0.15, -0.1) is 0 Å². The lowest BCUT2D eigenvalue weighted by Gasteiger charge is -2.14. The molecule has 13 heteroatoms. The van der Waals surface area contributed by atoms with Crippen LogP contribution in [0.5, 0.6) is 17.2 Å². The molecule has 0 heterocycles. The van der Waals surface area contributed by atoms with Crippen LogP contribution < -0.4 is 9.47 Å². The maximum Gasteiger partial charge on any atom is 0.501 e. The monoisotopic (exact) mass is 473 g/mol. The molecule has 0 bridgehead atoms. The van der Waals surface area contributed by atoms with Gasteiger partial charge in [0.25, 0.3) is 9.84 Å². The summed E-state index contributed by atoms with van der Waals surface area (Å²) in [6.45, 7) is 1.98. The zero-order valence-electron chi connectivity index (χ0n) is 14.5. The van der Waals surface area contributed by atoms with E-state index in [-0.39, 0.29) is 29.5 Å². The van der Waals surface area contributed by atoms with E-state index in [1.807, 2.05) is 0 Å². The minimum Gasteiger partial charge on any atom is -0.487 e. The first kappa shape index (κ1) is 23.0. The highest BCUT2D eigenvalue weighted by atomic mass is 35.5. The van der Waals surface area contributed by atoms with Crippen molar-refractivity contribution in [2.75, 3.05) is 6.61 Å². The van der Waals surface area contributed by atoms with Crippen LogP contribution in [0.25, 0.3) is 0 Å². The summed E-state index contributed by atoms with van der Waals surface area (Å²) in [5.41, 5.74) is -5.86. The van der Waals surface area contributed by atoms with E-state index >= 15 is 0 Å². The Morgan fingerprint density at radius 3 is 2.21 bits per heavy atom. The van der Waals surface area contributed by atoms with Crippen LogP contribution in [0.1, 0.15) is 13.3 Å². The van der Waals surface area contributed by atoms with Crippen LogP contribution in [0.4, 0.5) is 18.9 Å². The van der Waals surface area contributed by atoms with Crippen molar-refractivity contribution < 1.29 is 36.0 Å². The molecule has 7 nitrogen and oxygen atoms in total. The van der Waals surface area contributed by atoms with Gasteiger partial charge in [-0.05, 0) is 24.6 Å². The number of rotatable bonds is 7. The Morgan fingerprint density at radius 1 is 1.14 bits per heavy atom. The number of hydrogen-bond donors (Lipinski definition) is 0. The van der Waals surface area contributed by atoms with Crippen LogP contribution in [0.3, 0.4) is 0 Å². The van der Waals surface area contributed by atoms with Gasteiger partial charge in [0.2, 0.25) is 5.75 Å². The first-order valence-electron chi connectivity index (χ1n) is 7.78. The van der Waals surface area contributed by atoms with Gasteiger partial charge in [0, 0.05) is 12.1 Å². The Bertz CT molecular complexity index is 1020. The van der Waals surface area contributed by atoms with E-state index in [2.05, 4.69) is 0 Å². The molecule has 2 aromatic carbocycles. The summed E-state index contributed by atoms with van der Waals surface area (Å²) in [6, 6.07) is 4.58. The van der Waals surface area contributed by atoms with Gasteiger partial charge in [0.15, 0.2) is 5.75 Å². The number of nitro groups is 1. The lowest BCUT2D eigenvalue weighted by molar-refractivity contribution is -0.385. The smallest absolute Gasteiger partial charge is 0.487 e. The number of nitro benzene ring substituents is 1. The molecule has 2 aromatic rings. The van der Waals surface area contributed by atoms with Crippen molar-refractivity contribution >= 4 is 38.7 Å². The third-order valence-electron chi connectivity index (χ3n) is 3.40. The van der Waals surface area contributed by atoms with E-state index in [1.54, 1.807) is 6.92 Å². The van der Waals surface area contributed by atoms with Crippen molar-refractivity contribution in [3.8, 4) is 17.2 Å². The largest absolute Gasteiger partial charge is 0.501 e. The van der Waals surface area contributed by atoms with Crippen molar-refractivity contribution in [3.05, 3.63) is 50.5 Å². The van der Waals surface area contributed by atoms with Gasteiger partial charge in [-0.25, -0.2) is 8.42 Å². The van der Waals surface area contributed by atoms with E-state index < -0.39 is 35.2 Å². The lowest BCUT2D eigenvalue weighted by Crippen LogP contribution is -2.23. The molecule has 0 aliphatic rings. The van der Waals surface area contributed by atoms with Crippen LogP contribution >= 0.6 is 23.2 Å². The Labute approximate surface area is 173 Å². The molecule has 2 rings (SSSR count). The fourth-order valence-electron chi connectivity index (χ4n) is 2.08. The summed E-state index contributed by atoms with van der Waals surface area (Å²) >= 11 is 11.7. The summed E-state index contributed by atoms with van der Waals surface area (Å²) in [6.07, 6.45) is 0.578. The molecule has 158 valence electrons. The Balaban J connectivity index is 2.44. The van der Waals surface area contributed by atoms with Crippen molar-refractivity contribution in [2.45, 2.75) is 23.7 Å². The first-order chi connectivity index (χ1) is 13.4. The predicted octanol–water partition coefficient (Wildman–Crippen LogP) is 5.78. The van der Waals surface area contributed by atoms with Crippen LogP contribution in [0.2, 0.25) is 10.0 Å². The molecular weight excluding hydrogens is 462 g/mol. The second-order valence-corrected chi connectivity index (χ2v) is 8.26. The van der Waals surface area contributed by atoms with Crippen LogP contribution in [-0.4, -0.2) is 25.5 Å². The van der Waals surface area contributed by atoms with Crippen molar-refractivity contribution in [1.82, 2.24) is 0 Å². The third kappa shape index (κ3) is 5.03. The summed E-state index contributed by atoms with van der Waals surface area (Å²) < 4.78 is 71.8. The number of alkyl halides is 3. The maximum absolute atomic E-state index is 12.7. The molecule has 0 aliphatic carbocycles. The van der Waals surface area contributed by atoms with Crippen LogP contribution in [0, 0.1) is 10.1 Å². The second kappa shape index (κ2) is 8.64. The Hall–Kier alpha value is -2.24. The van der Waals surface area contributed by atoms with Gasteiger partial charge in [0.05, 0.1) is 26.5 Å². The number of halogens is 5. The van der Waals surface area contributed by atoms with Crippen molar-refractivity contribution in [1.29, 1.82) is 0 Å². The molecule has 0 spiro atoms. The van der Waals surface area contributed by atoms with Gasteiger partial charge in [0.1, 0.15) is 5.75 Å². The molecular formula is C16H12Cl2F3NO6S. The minimum atomic E-state index is -5.66. The zero-order chi connectivity index (χ0) is 22.0. The molecule has 29 heavy (non-hydrogen) atoms. The topological polar surface area (TPSA) is 95.7 Å². The molecule has 0 amide bonds. The summed E-state index contributed by atoms with van der Waals surface area (Å²) in [5, 5.41) is 10.1. The average Bonchev–Trinajstić information content (AvgIpc) is 2.61. The number of ether oxygens (including phenoxy) is 2. The van der Waals surface area contributed by atoms with Crippen LogP contribution in [0.15, 0.2) is 35.2 Å². The summed E-state index contributed by atoms with van der Waals surface area (Å²) in [5.74, 6) is -0.445. The molecule has 0 unspecified atom stereocenters. The quantitative estimate of drug-likeness (QED) is 0.373. The van der Waals surface area contributed by atoms with E-state index in [4.69, 9.17) is 32.7 Å². The molecule has 0 radical (unpaired) electrons. The van der Waals surface area contributed by atoms with Gasteiger partial charge in [-0.1, -0.05) is 30.1 Å². The maximum atomic E-state index is 12.7. The molecule has 0 aromatic heterocycles. The van der Waals surface area contributed by atoms with Gasteiger partial charge in [-0.2, -0.15) is 13.2 Å². The zero-order valence-corrected chi connectivity index (χ0v) is 16.8. The highest BCUT2D eigenvalue weighted by Crippen LogP contribution is 2.42. The highest BCUT2D eigenvalue weighted by Gasteiger charge is 2.47. The number of hydrogen-bond acceptors (Lipinski definition) is 6. The summed E-state index contributed by atoms with van der Waals surface area (Å²) in [4.78, 5) is 9.26. The predicted molar refractivity (Wildman–Crippen MR) is 98.7 cm³/mol. The van der Waals surface area contributed by atoms with Gasteiger partial charge in [-0.3, -0.25) is 10.1 Å². The number of sulfone groups is 1. The van der Waals surface area contributed by atoms with E-state index in [0.29, 0.717) is 18.6 Å². The fourth-order valence-corrected chi connectivity index (χ4v) is 3.58. The van der Waals surface area contributed by atoms with Gasteiger partial charge >= 0.3 is 11.2 Å². The van der Waals surface area contributed by atoms with E-state index in [1.165, 1.54) is 12.1 Å². The molecule has 0 atom stereocenters. The Morgan fingerprint density at radius 2 is 1.72 bits per heavy atom. The molecule has 0 N–H and O–H groups in total. The molecule has 0 saturated carbocycles. The first-order valence-corrected chi connectivity index (χ1v) is 10.0. The average molecular weight is 474 g/mol. The standard InChI is InChI=1S/C16H12Cl2F3NO6S/c1-2-5-27-14-6-9(3-4-13(14)22(23)24)28-15-11(17)7-10(8-12(15)18)29(25,26)16(19,20)21/h3-4,6-8H,2,5H2,1H3. The molecule has 0 saturated heterocycles. The lowest BCUT2D eigenvalue weighted by atomic mass is 10.2. The summed E-state index contributed by atoms with van der Waals surface area (Å²) in [7, 11) is -5.66. The SMILES string of the molecule is CCCOc1cc(Oc2c(Cl)cc(S(=O)(=O)C(F)(F)F)cc2Cl)ccc1[N+](=O)[O-]. The fraction of sp³-hybridized carbons (Fsp3) is 0.250. The Kier molecular flexibility index (Phi) is 6.86. The third-order valence-corrected chi connectivity index (χ3v) is 5.42. The minimum absolute atomic E-state index is 0.0167. The normalized spacial score (nSPS) is 11.9. The van der Waals surface area contributed by atoms with E-state index in [9.17, 15) is 31.7 Å². The second-order valence-electron chi connectivity index (χ2n) is 5.50. The van der Waals surface area contributed by atoms with Gasteiger partial charge < -0.3 is 9.47 Å².